The van der Waals surface area contributed by atoms with E-state index in [0.717, 1.165) is 45.4 Å². The second kappa shape index (κ2) is 6.42. The van der Waals surface area contributed by atoms with E-state index in [1.165, 1.54) is 0 Å². The van der Waals surface area contributed by atoms with Crippen LogP contribution in [0.5, 0.6) is 0 Å². The summed E-state index contributed by atoms with van der Waals surface area (Å²) in [6.07, 6.45) is 3.40. The molecular formula is C11H21ClN2O2. The Bertz CT molecular complexity index is 232. The van der Waals surface area contributed by atoms with Crippen LogP contribution in [-0.4, -0.2) is 50.2 Å². The standard InChI is InChI=1S/C11H20N2O2.ClH/c1-15-10-3-2-6-13(8-10)11(14)9-4-5-12-7-9;/h9-10,12H,2-8H2,1H3;1H. The molecule has 1 N–H and O–H groups in total. The molecule has 2 aliphatic rings. The quantitative estimate of drug-likeness (QED) is 0.781. The molecule has 2 saturated heterocycles. The topological polar surface area (TPSA) is 41.6 Å². The molecular weight excluding hydrogens is 228 g/mol. The molecule has 5 heteroatoms. The summed E-state index contributed by atoms with van der Waals surface area (Å²) in [5.74, 6) is 0.530. The molecule has 2 rings (SSSR count). The summed E-state index contributed by atoms with van der Waals surface area (Å²) >= 11 is 0. The summed E-state index contributed by atoms with van der Waals surface area (Å²) in [7, 11) is 1.73. The van der Waals surface area contributed by atoms with Gasteiger partial charge in [-0.25, -0.2) is 0 Å². The molecule has 0 aromatic heterocycles. The number of ether oxygens (including phenoxy) is 1. The summed E-state index contributed by atoms with van der Waals surface area (Å²) in [4.78, 5) is 14.1. The minimum absolute atomic E-state index is 0. The molecule has 2 aliphatic heterocycles. The smallest absolute Gasteiger partial charge is 0.227 e. The van der Waals surface area contributed by atoms with Crippen LogP contribution in [-0.2, 0) is 9.53 Å². The highest BCUT2D eigenvalue weighted by Gasteiger charge is 2.30. The Morgan fingerprint density at radius 2 is 2.25 bits per heavy atom. The van der Waals surface area contributed by atoms with Gasteiger partial charge in [-0.2, -0.15) is 0 Å². The number of piperidine rings is 1. The first-order valence-corrected chi connectivity index (χ1v) is 5.83. The normalized spacial score (nSPS) is 29.9. The lowest BCUT2D eigenvalue weighted by molar-refractivity contribution is -0.138. The molecule has 0 spiro atoms. The van der Waals surface area contributed by atoms with Crippen LogP contribution in [0, 0.1) is 5.92 Å². The zero-order valence-electron chi connectivity index (χ0n) is 9.78. The molecule has 0 aliphatic carbocycles. The van der Waals surface area contributed by atoms with Crippen molar-refractivity contribution >= 4 is 18.3 Å². The Morgan fingerprint density at radius 3 is 2.88 bits per heavy atom. The third-order valence-corrected chi connectivity index (χ3v) is 3.43. The van der Waals surface area contributed by atoms with Crippen molar-refractivity contribution in [2.45, 2.75) is 25.4 Å². The maximum absolute atomic E-state index is 12.1. The molecule has 2 atom stereocenters. The maximum atomic E-state index is 12.1. The largest absolute Gasteiger partial charge is 0.380 e. The fourth-order valence-electron chi connectivity index (χ4n) is 2.45. The second-order valence-corrected chi connectivity index (χ2v) is 4.47. The van der Waals surface area contributed by atoms with E-state index >= 15 is 0 Å². The Morgan fingerprint density at radius 1 is 1.44 bits per heavy atom. The summed E-state index contributed by atoms with van der Waals surface area (Å²) in [6, 6.07) is 0. The van der Waals surface area contributed by atoms with Crippen LogP contribution in [0.2, 0.25) is 0 Å². The van der Waals surface area contributed by atoms with Gasteiger partial charge in [-0.3, -0.25) is 4.79 Å². The number of amides is 1. The summed E-state index contributed by atoms with van der Waals surface area (Å²) in [6.45, 7) is 3.53. The van der Waals surface area contributed by atoms with Gasteiger partial charge in [0, 0.05) is 26.7 Å². The van der Waals surface area contributed by atoms with Crippen LogP contribution in [0.25, 0.3) is 0 Å². The molecule has 2 fully saturated rings. The van der Waals surface area contributed by atoms with Crippen LogP contribution < -0.4 is 5.32 Å². The number of nitrogens with zero attached hydrogens (tertiary/aromatic N) is 1. The highest BCUT2D eigenvalue weighted by Crippen LogP contribution is 2.17. The van der Waals surface area contributed by atoms with Crippen LogP contribution >= 0.6 is 12.4 Å². The third kappa shape index (κ3) is 3.09. The van der Waals surface area contributed by atoms with Gasteiger partial charge in [-0.15, -0.1) is 12.4 Å². The number of rotatable bonds is 2. The monoisotopic (exact) mass is 248 g/mol. The van der Waals surface area contributed by atoms with Crippen molar-refractivity contribution in [1.29, 1.82) is 0 Å². The predicted molar refractivity (Wildman–Crippen MR) is 64.8 cm³/mol. The fraction of sp³-hybridized carbons (Fsp3) is 0.909. The molecule has 16 heavy (non-hydrogen) atoms. The van der Waals surface area contributed by atoms with Crippen molar-refractivity contribution in [1.82, 2.24) is 10.2 Å². The van der Waals surface area contributed by atoms with E-state index in [1.807, 2.05) is 4.90 Å². The molecule has 0 aromatic rings. The highest BCUT2D eigenvalue weighted by atomic mass is 35.5. The molecule has 1 amide bonds. The fourth-order valence-corrected chi connectivity index (χ4v) is 2.45. The van der Waals surface area contributed by atoms with E-state index in [-0.39, 0.29) is 24.4 Å². The lowest BCUT2D eigenvalue weighted by atomic mass is 10.0. The van der Waals surface area contributed by atoms with Gasteiger partial charge in [0.25, 0.3) is 0 Å². The summed E-state index contributed by atoms with van der Waals surface area (Å²) in [5.41, 5.74) is 0. The minimum Gasteiger partial charge on any atom is -0.380 e. The van der Waals surface area contributed by atoms with Gasteiger partial charge in [-0.05, 0) is 25.8 Å². The lowest BCUT2D eigenvalue weighted by Gasteiger charge is -2.33. The van der Waals surface area contributed by atoms with Gasteiger partial charge < -0.3 is 15.0 Å². The van der Waals surface area contributed by atoms with E-state index in [9.17, 15) is 4.79 Å². The van der Waals surface area contributed by atoms with E-state index in [1.54, 1.807) is 7.11 Å². The van der Waals surface area contributed by atoms with Crippen molar-refractivity contribution in [2.75, 3.05) is 33.3 Å². The lowest BCUT2D eigenvalue weighted by Crippen LogP contribution is -2.45. The number of hydrogen-bond donors (Lipinski definition) is 1. The molecule has 2 unspecified atom stereocenters. The number of likely N-dealkylation sites (tertiary alicyclic amines) is 1. The maximum Gasteiger partial charge on any atom is 0.227 e. The van der Waals surface area contributed by atoms with E-state index < -0.39 is 0 Å². The number of carbonyl (C=O) groups excluding carboxylic acids is 1. The van der Waals surface area contributed by atoms with Crippen LogP contribution in [0.3, 0.4) is 0 Å². The van der Waals surface area contributed by atoms with Gasteiger partial charge in [0.2, 0.25) is 5.91 Å². The molecule has 94 valence electrons. The Hall–Kier alpha value is -0.320. The Labute approximate surface area is 103 Å². The van der Waals surface area contributed by atoms with E-state index in [0.29, 0.717) is 5.91 Å². The van der Waals surface area contributed by atoms with Crippen molar-refractivity contribution in [3.8, 4) is 0 Å². The first-order valence-electron chi connectivity index (χ1n) is 5.83. The molecule has 0 bridgehead atoms. The van der Waals surface area contributed by atoms with Gasteiger partial charge in [0.15, 0.2) is 0 Å². The van der Waals surface area contributed by atoms with E-state index in [4.69, 9.17) is 4.74 Å². The number of nitrogens with one attached hydrogen (secondary N) is 1. The van der Waals surface area contributed by atoms with Crippen LogP contribution in [0.4, 0.5) is 0 Å². The van der Waals surface area contributed by atoms with Gasteiger partial charge in [0.05, 0.1) is 12.0 Å². The van der Waals surface area contributed by atoms with E-state index in [2.05, 4.69) is 5.32 Å². The predicted octanol–water partition coefficient (Wildman–Crippen LogP) is 0.655. The van der Waals surface area contributed by atoms with Crippen LogP contribution in [0.15, 0.2) is 0 Å². The zero-order valence-corrected chi connectivity index (χ0v) is 10.6. The molecule has 0 aromatic carbocycles. The number of carbonyl (C=O) groups is 1. The third-order valence-electron chi connectivity index (χ3n) is 3.43. The van der Waals surface area contributed by atoms with Crippen molar-refractivity contribution < 1.29 is 9.53 Å². The average Bonchev–Trinajstić information content (AvgIpc) is 2.81. The van der Waals surface area contributed by atoms with Crippen LogP contribution in [0.1, 0.15) is 19.3 Å². The highest BCUT2D eigenvalue weighted by molar-refractivity contribution is 5.85. The first kappa shape index (κ1) is 13.7. The van der Waals surface area contributed by atoms with Crippen molar-refractivity contribution in [3.05, 3.63) is 0 Å². The Kier molecular flexibility index (Phi) is 5.52. The van der Waals surface area contributed by atoms with Crippen molar-refractivity contribution in [2.24, 2.45) is 5.92 Å². The second-order valence-electron chi connectivity index (χ2n) is 4.47. The number of halogens is 1. The van der Waals surface area contributed by atoms with Gasteiger partial charge in [0.1, 0.15) is 0 Å². The molecule has 4 nitrogen and oxygen atoms in total. The molecule has 2 heterocycles. The molecule has 0 saturated carbocycles. The van der Waals surface area contributed by atoms with Crippen molar-refractivity contribution in [3.63, 3.8) is 0 Å². The number of methoxy groups -OCH3 is 1. The zero-order chi connectivity index (χ0) is 10.7. The van der Waals surface area contributed by atoms with Gasteiger partial charge >= 0.3 is 0 Å². The minimum atomic E-state index is 0. The average molecular weight is 249 g/mol. The van der Waals surface area contributed by atoms with Gasteiger partial charge in [-0.1, -0.05) is 0 Å². The molecule has 0 radical (unpaired) electrons. The number of hydrogen-bond acceptors (Lipinski definition) is 3. The summed E-state index contributed by atoms with van der Waals surface area (Å²) in [5, 5.41) is 3.24. The summed E-state index contributed by atoms with van der Waals surface area (Å²) < 4.78 is 5.32. The Balaban J connectivity index is 0.00000128. The SMILES string of the molecule is COC1CCCN(C(=O)C2CCNC2)C1.Cl. The first-order chi connectivity index (χ1) is 7.31.